The van der Waals surface area contributed by atoms with E-state index in [4.69, 9.17) is 4.74 Å². The first-order valence-corrected chi connectivity index (χ1v) is 20.0. The maximum absolute atomic E-state index is 14.6. The molecule has 3 aliphatic heterocycles. The van der Waals surface area contributed by atoms with Crippen LogP contribution in [0.25, 0.3) is 0 Å². The predicted molar refractivity (Wildman–Crippen MR) is 206 cm³/mol. The lowest BCUT2D eigenvalue weighted by molar-refractivity contribution is -0.274. The van der Waals surface area contributed by atoms with Gasteiger partial charge in [-0.25, -0.2) is 13.6 Å². The molecule has 3 aliphatic rings. The van der Waals surface area contributed by atoms with Gasteiger partial charge in [0.05, 0.1) is 12.5 Å². The zero-order valence-electron chi connectivity index (χ0n) is 34.5. The number of carbonyl (C=O) groups is 7. The Morgan fingerprint density at radius 3 is 2.19 bits per heavy atom. The van der Waals surface area contributed by atoms with Crippen molar-refractivity contribution in [1.82, 2.24) is 30.7 Å². The first-order chi connectivity index (χ1) is 29.0. The van der Waals surface area contributed by atoms with E-state index in [1.54, 1.807) is 6.92 Å². The number of aliphatic hydroxyl groups is 1. The van der Waals surface area contributed by atoms with E-state index in [0.717, 1.165) is 34.1 Å². The van der Waals surface area contributed by atoms with E-state index >= 15 is 0 Å². The number of aliphatic hydroxyl groups excluding tert-OH is 1. The third-order valence-electron chi connectivity index (χ3n) is 11.0. The Kier molecular flexibility index (Phi) is 14.8. The van der Waals surface area contributed by atoms with E-state index < -0.39 is 126 Å². The summed E-state index contributed by atoms with van der Waals surface area (Å²) in [7, 11) is 1.25. The highest BCUT2D eigenvalue weighted by molar-refractivity contribution is 5.98. The summed E-state index contributed by atoms with van der Waals surface area (Å²) in [5.41, 5.74) is 0.0917. The second-order valence-electron chi connectivity index (χ2n) is 16.0. The molecule has 4 N–H and O–H groups in total. The van der Waals surface area contributed by atoms with Gasteiger partial charge in [0, 0.05) is 32.6 Å². The van der Waals surface area contributed by atoms with Crippen molar-refractivity contribution in [2.45, 2.75) is 115 Å². The average Bonchev–Trinajstić information content (AvgIpc) is 3.82. The topological polar surface area (TPSA) is 204 Å². The lowest BCUT2D eigenvalue weighted by atomic mass is 10.0. The number of halogens is 5. The Morgan fingerprint density at radius 1 is 0.935 bits per heavy atom. The Bertz CT molecular complexity index is 2020. The molecule has 6 amide bonds. The smallest absolute Gasteiger partial charge is 0.458 e. The minimum Gasteiger partial charge on any atom is -0.458 e. The van der Waals surface area contributed by atoms with Crippen molar-refractivity contribution < 1.29 is 70.1 Å². The van der Waals surface area contributed by atoms with Gasteiger partial charge < -0.3 is 45.2 Å². The van der Waals surface area contributed by atoms with Gasteiger partial charge in [0.25, 0.3) is 0 Å². The monoisotopic (exact) mass is 880 g/mol. The van der Waals surface area contributed by atoms with Gasteiger partial charge in [-0.1, -0.05) is 19.1 Å². The summed E-state index contributed by atoms with van der Waals surface area (Å²) in [6.07, 6.45) is -8.44. The summed E-state index contributed by atoms with van der Waals surface area (Å²) >= 11 is 0. The largest absolute Gasteiger partial charge is 0.573 e. The fourth-order valence-electron chi connectivity index (χ4n) is 8.06. The van der Waals surface area contributed by atoms with Crippen LogP contribution in [0.3, 0.4) is 0 Å². The van der Waals surface area contributed by atoms with Gasteiger partial charge in [-0.3, -0.25) is 28.8 Å². The first-order valence-electron chi connectivity index (χ1n) is 20.0. The molecule has 5 rings (SSSR count). The lowest BCUT2D eigenvalue weighted by Gasteiger charge is -2.37. The van der Waals surface area contributed by atoms with Crippen molar-refractivity contribution in [2.24, 2.45) is 5.92 Å². The standard InChI is InChI=1S/C41H49F5N6O10/c1-20-13-31-40(60)61-23(4)33(39(59)51-12-6-7-30(51)38(58)50(5)34(22(3)53)36(56)47-21(2)37(57)52(31)19-20)49-35(55)29(16-25-14-26(42)18-27(43)15-25)48-32(54)17-24-8-10-28(11-9-24)62-41(44,45)46/h8-11,14-15,18,20-23,29-31,33-34,53H,6-7,12-13,16-17,19H2,1-5H3,(H,47,56)(H,48,54)(H,49,55)/t20-,21-,22+,23-,29-,30-,31-,33-,34-/m0/s1. The minimum atomic E-state index is -4.97. The molecular weight excluding hydrogens is 831 g/mol. The molecule has 2 aromatic carbocycles. The summed E-state index contributed by atoms with van der Waals surface area (Å²) < 4.78 is 76.4. The van der Waals surface area contributed by atoms with Crippen LogP contribution in [0.4, 0.5) is 22.0 Å². The van der Waals surface area contributed by atoms with Crippen molar-refractivity contribution in [3.8, 4) is 5.75 Å². The van der Waals surface area contributed by atoms with Crippen LogP contribution >= 0.6 is 0 Å². The highest BCUT2D eigenvalue weighted by atomic mass is 19.4. The van der Waals surface area contributed by atoms with Crippen LogP contribution in [0.1, 0.15) is 58.1 Å². The van der Waals surface area contributed by atoms with Crippen LogP contribution in [-0.4, -0.2) is 136 Å². The predicted octanol–water partition coefficient (Wildman–Crippen LogP) is 1.50. The van der Waals surface area contributed by atoms with E-state index in [9.17, 15) is 60.6 Å². The summed E-state index contributed by atoms with van der Waals surface area (Å²) in [4.78, 5) is 101. The number of hydrogen-bond acceptors (Lipinski definition) is 10. The van der Waals surface area contributed by atoms with Gasteiger partial charge in [0.2, 0.25) is 35.4 Å². The second-order valence-corrected chi connectivity index (χ2v) is 16.0. The molecule has 16 nitrogen and oxygen atoms in total. The molecule has 21 heteroatoms. The van der Waals surface area contributed by atoms with E-state index in [-0.39, 0.29) is 49.4 Å². The van der Waals surface area contributed by atoms with Crippen LogP contribution in [0.2, 0.25) is 0 Å². The van der Waals surface area contributed by atoms with Crippen molar-refractivity contribution in [1.29, 1.82) is 0 Å². The average molecular weight is 881 g/mol. The highest BCUT2D eigenvalue weighted by Gasteiger charge is 2.47. The van der Waals surface area contributed by atoms with E-state index in [2.05, 4.69) is 20.7 Å². The summed E-state index contributed by atoms with van der Waals surface area (Å²) in [6, 6.07) is -1.92. The molecule has 2 aromatic rings. The van der Waals surface area contributed by atoms with Crippen molar-refractivity contribution in [3.05, 3.63) is 65.2 Å². The van der Waals surface area contributed by atoms with Crippen molar-refractivity contribution >= 4 is 41.4 Å². The number of alkyl halides is 3. The number of esters is 1. The molecule has 0 radical (unpaired) electrons. The van der Waals surface area contributed by atoms with Crippen LogP contribution < -0.4 is 20.7 Å². The van der Waals surface area contributed by atoms with Crippen LogP contribution in [0, 0.1) is 17.6 Å². The molecule has 3 heterocycles. The Hall–Kier alpha value is -5.86. The summed E-state index contributed by atoms with van der Waals surface area (Å²) in [5, 5.41) is 18.2. The van der Waals surface area contributed by atoms with E-state index in [0.29, 0.717) is 6.07 Å². The number of nitrogens with zero attached hydrogens (tertiary/aromatic N) is 3. The zero-order chi connectivity index (χ0) is 45.8. The maximum atomic E-state index is 14.6. The normalized spacial score (nSPS) is 26.3. The van der Waals surface area contributed by atoms with Gasteiger partial charge >= 0.3 is 12.3 Å². The Morgan fingerprint density at radius 2 is 1.58 bits per heavy atom. The number of carbonyl (C=O) groups excluding carboxylic acids is 7. The molecule has 0 aromatic heterocycles. The number of ether oxygens (including phenoxy) is 2. The molecule has 62 heavy (non-hydrogen) atoms. The number of cyclic esters (lactones) is 1. The molecule has 0 saturated carbocycles. The van der Waals surface area contributed by atoms with Gasteiger partial charge in [0.1, 0.15) is 59.7 Å². The summed E-state index contributed by atoms with van der Waals surface area (Å²) in [5.74, 6) is -8.91. The Labute approximate surface area is 353 Å². The molecule has 338 valence electrons. The van der Waals surface area contributed by atoms with Crippen LogP contribution in [-0.2, 0) is 51.1 Å². The zero-order valence-corrected chi connectivity index (χ0v) is 34.5. The van der Waals surface area contributed by atoms with Gasteiger partial charge in [0.15, 0.2) is 0 Å². The quantitative estimate of drug-likeness (QED) is 0.211. The number of fused-ring (bicyclic) bond motifs is 2. The molecule has 0 spiro atoms. The van der Waals surface area contributed by atoms with E-state index in [1.807, 2.05) is 0 Å². The second kappa shape index (κ2) is 19.5. The molecule has 3 saturated heterocycles. The number of likely N-dealkylation sites (N-methyl/N-ethyl adjacent to an activating group) is 1. The molecule has 0 unspecified atom stereocenters. The summed E-state index contributed by atoms with van der Waals surface area (Å²) in [6.45, 7) is 5.79. The number of hydrogen-bond donors (Lipinski definition) is 4. The fraction of sp³-hybridized carbons (Fsp3) is 0.537. The SMILES string of the molecule is C[C@H]1C[C@H]2C(=O)O[C@@H](C)[C@H](NC(=O)[C@H](Cc3cc(F)cc(F)c3)NC(=O)Cc3ccc(OC(F)(F)F)cc3)C(=O)N3CCC[C@H]3C(=O)N(C)[C@@H]([C@@H](C)O)C(=O)N[C@@H](C)C(=O)N2C1. The minimum absolute atomic E-state index is 0.0311. The third-order valence-corrected chi connectivity index (χ3v) is 11.0. The van der Waals surface area contributed by atoms with Gasteiger partial charge in [-0.05, 0) is 81.3 Å². The van der Waals surface area contributed by atoms with Crippen molar-refractivity contribution in [3.63, 3.8) is 0 Å². The number of amides is 6. The highest BCUT2D eigenvalue weighted by Crippen LogP contribution is 2.28. The number of benzene rings is 2. The van der Waals surface area contributed by atoms with Crippen LogP contribution in [0.5, 0.6) is 5.75 Å². The number of rotatable bonds is 9. The molecule has 3 fully saturated rings. The van der Waals surface area contributed by atoms with Crippen LogP contribution in [0.15, 0.2) is 42.5 Å². The Balaban J connectivity index is 1.49. The molecular formula is C41H49F5N6O10. The molecule has 9 atom stereocenters. The molecule has 0 bridgehead atoms. The fourth-order valence-corrected chi connectivity index (χ4v) is 8.06. The van der Waals surface area contributed by atoms with E-state index in [1.165, 1.54) is 44.9 Å². The maximum Gasteiger partial charge on any atom is 0.573 e. The molecule has 0 aliphatic carbocycles. The number of nitrogens with one attached hydrogen (secondary N) is 3. The van der Waals surface area contributed by atoms with Gasteiger partial charge in [-0.15, -0.1) is 13.2 Å². The van der Waals surface area contributed by atoms with Gasteiger partial charge in [-0.2, -0.15) is 0 Å². The first kappa shape index (κ1) is 47.2. The third kappa shape index (κ3) is 11.5. The lowest BCUT2D eigenvalue weighted by Crippen LogP contribution is -2.63. The van der Waals surface area contributed by atoms with Crippen molar-refractivity contribution in [2.75, 3.05) is 20.1 Å².